The molecule has 1 N–H and O–H groups in total. The van der Waals surface area contributed by atoms with Crippen LogP contribution in [-0.4, -0.2) is 24.9 Å². The lowest BCUT2D eigenvalue weighted by Gasteiger charge is -2.11. The number of phenolic OH excluding ortho intramolecular Hbond substituents is 1. The van der Waals surface area contributed by atoms with Crippen LogP contribution in [0.5, 0.6) is 5.75 Å². The van der Waals surface area contributed by atoms with Crippen LogP contribution in [0, 0.1) is 0 Å². The summed E-state index contributed by atoms with van der Waals surface area (Å²) in [5.41, 5.74) is 2.09. The zero-order chi connectivity index (χ0) is 22.9. The second-order valence-corrected chi connectivity index (χ2v) is 8.80. The predicted molar refractivity (Wildman–Crippen MR) is 128 cm³/mol. The van der Waals surface area contributed by atoms with Gasteiger partial charge in [0, 0.05) is 41.2 Å². The maximum atomic E-state index is 12.0. The summed E-state index contributed by atoms with van der Waals surface area (Å²) < 4.78 is 7.09. The fourth-order valence-electron chi connectivity index (χ4n) is 3.38. The van der Waals surface area contributed by atoms with Gasteiger partial charge in [0.1, 0.15) is 11.3 Å². The Hall–Kier alpha value is -3.33. The number of halogens is 2. The first kappa shape index (κ1) is 21.5. The molecule has 0 bridgehead atoms. The summed E-state index contributed by atoms with van der Waals surface area (Å²) in [6.45, 7) is 0. The van der Waals surface area contributed by atoms with E-state index in [9.17, 15) is 9.90 Å². The molecule has 164 valence electrons. The third kappa shape index (κ3) is 4.32. The van der Waals surface area contributed by atoms with Gasteiger partial charge in [-0.3, -0.25) is 9.55 Å². The summed E-state index contributed by atoms with van der Waals surface area (Å²) in [5.74, 6) is 1.03. The minimum Gasteiger partial charge on any atom is -0.508 e. The Morgan fingerprint density at radius 2 is 1.91 bits per heavy atom. The molecule has 0 aliphatic rings. The zero-order valence-corrected chi connectivity index (χ0v) is 19.1. The second kappa shape index (κ2) is 8.90. The van der Waals surface area contributed by atoms with Gasteiger partial charge in [0.2, 0.25) is 0 Å². The molecule has 10 heteroatoms. The predicted octanol–water partition coefficient (Wildman–Crippen LogP) is 5.74. The van der Waals surface area contributed by atoms with Gasteiger partial charge in [-0.25, -0.2) is 4.79 Å². The van der Waals surface area contributed by atoms with Crippen molar-refractivity contribution in [2.24, 2.45) is 0 Å². The highest BCUT2D eigenvalue weighted by atomic mass is 35.5. The smallest absolute Gasteiger partial charge is 0.336 e. The fourth-order valence-corrected chi connectivity index (χ4v) is 4.62. The molecule has 0 saturated carbocycles. The molecule has 3 aromatic heterocycles. The van der Waals surface area contributed by atoms with Crippen LogP contribution >= 0.6 is 35.0 Å². The standard InChI is InChI=1S/C23H14Cl2N4O3S/c24-18-6-3-15(9-19(18)25)29-22(13-2-1-7-26-11-13)27-28-23(29)33-12-14-8-21(31)32-20-10-16(30)4-5-17(14)20/h1-11,30H,12H2. The van der Waals surface area contributed by atoms with Crippen LogP contribution in [0.3, 0.4) is 0 Å². The molecule has 0 aliphatic heterocycles. The van der Waals surface area contributed by atoms with Crippen molar-refractivity contribution in [3.05, 3.63) is 93.0 Å². The zero-order valence-electron chi connectivity index (χ0n) is 16.8. The Bertz CT molecular complexity index is 1540. The van der Waals surface area contributed by atoms with Crippen molar-refractivity contribution in [2.75, 3.05) is 0 Å². The van der Waals surface area contributed by atoms with Crippen LogP contribution in [-0.2, 0) is 5.75 Å². The molecule has 0 spiro atoms. The number of thioether (sulfide) groups is 1. The van der Waals surface area contributed by atoms with E-state index in [2.05, 4.69) is 15.2 Å². The molecule has 0 atom stereocenters. The number of benzene rings is 2. The van der Waals surface area contributed by atoms with Crippen molar-refractivity contribution >= 4 is 45.9 Å². The normalized spacial score (nSPS) is 11.2. The Kier molecular flexibility index (Phi) is 5.80. The number of fused-ring (bicyclic) bond motifs is 1. The summed E-state index contributed by atoms with van der Waals surface area (Å²) >= 11 is 13.8. The number of nitrogens with zero attached hydrogens (tertiary/aromatic N) is 4. The number of aromatic nitrogens is 4. The molecule has 0 radical (unpaired) electrons. The quantitative estimate of drug-likeness (QED) is 0.244. The van der Waals surface area contributed by atoms with Crippen LogP contribution in [0.4, 0.5) is 0 Å². The number of aromatic hydroxyl groups is 1. The maximum Gasteiger partial charge on any atom is 0.336 e. The molecular weight excluding hydrogens is 483 g/mol. The van der Waals surface area contributed by atoms with E-state index in [0.717, 1.165) is 22.2 Å². The highest BCUT2D eigenvalue weighted by Crippen LogP contribution is 2.33. The molecule has 5 aromatic rings. The van der Waals surface area contributed by atoms with Gasteiger partial charge in [-0.15, -0.1) is 10.2 Å². The first-order valence-electron chi connectivity index (χ1n) is 9.69. The van der Waals surface area contributed by atoms with Gasteiger partial charge in [-0.05, 0) is 48.0 Å². The van der Waals surface area contributed by atoms with Gasteiger partial charge in [0.05, 0.1) is 15.7 Å². The average Bonchev–Trinajstić information content (AvgIpc) is 3.23. The number of hydrogen-bond donors (Lipinski definition) is 1. The monoisotopic (exact) mass is 496 g/mol. The highest BCUT2D eigenvalue weighted by Gasteiger charge is 2.18. The van der Waals surface area contributed by atoms with Crippen LogP contribution in [0.1, 0.15) is 5.56 Å². The molecule has 2 aromatic carbocycles. The summed E-state index contributed by atoms with van der Waals surface area (Å²) in [7, 11) is 0. The van der Waals surface area contributed by atoms with Gasteiger partial charge in [-0.1, -0.05) is 35.0 Å². The van der Waals surface area contributed by atoms with E-state index in [1.54, 1.807) is 36.7 Å². The van der Waals surface area contributed by atoms with Crippen molar-refractivity contribution in [3.63, 3.8) is 0 Å². The lowest BCUT2D eigenvalue weighted by atomic mass is 10.1. The number of hydrogen-bond acceptors (Lipinski definition) is 7. The van der Waals surface area contributed by atoms with E-state index in [1.807, 2.05) is 22.8 Å². The number of pyridine rings is 1. The SMILES string of the molecule is O=c1cc(CSc2nnc(-c3cccnc3)n2-c2ccc(Cl)c(Cl)c2)c2ccc(O)cc2o1. The molecular formula is C23H14Cl2N4O3S. The van der Waals surface area contributed by atoms with Crippen LogP contribution in [0.15, 0.2) is 81.4 Å². The summed E-state index contributed by atoms with van der Waals surface area (Å²) in [5, 5.41) is 20.7. The van der Waals surface area contributed by atoms with Crippen molar-refractivity contribution in [3.8, 4) is 22.8 Å². The largest absolute Gasteiger partial charge is 0.508 e. The maximum absolute atomic E-state index is 12.0. The van der Waals surface area contributed by atoms with Gasteiger partial charge >= 0.3 is 5.63 Å². The molecule has 0 amide bonds. The van der Waals surface area contributed by atoms with Crippen molar-refractivity contribution in [1.82, 2.24) is 19.7 Å². The van der Waals surface area contributed by atoms with Gasteiger partial charge in [-0.2, -0.15) is 0 Å². The molecule has 0 fully saturated rings. The van der Waals surface area contributed by atoms with Gasteiger partial charge in [0.15, 0.2) is 11.0 Å². The summed E-state index contributed by atoms with van der Waals surface area (Å²) in [6, 6.07) is 15.1. The summed E-state index contributed by atoms with van der Waals surface area (Å²) in [4.78, 5) is 16.2. The van der Waals surface area contributed by atoms with E-state index in [4.69, 9.17) is 27.6 Å². The van der Waals surface area contributed by atoms with E-state index in [-0.39, 0.29) is 5.75 Å². The highest BCUT2D eigenvalue weighted by molar-refractivity contribution is 7.98. The molecule has 0 aliphatic carbocycles. The van der Waals surface area contributed by atoms with Crippen molar-refractivity contribution in [2.45, 2.75) is 10.9 Å². The lowest BCUT2D eigenvalue weighted by molar-refractivity contribution is 0.473. The summed E-state index contributed by atoms with van der Waals surface area (Å²) in [6.07, 6.45) is 3.39. The van der Waals surface area contributed by atoms with Crippen molar-refractivity contribution in [1.29, 1.82) is 0 Å². The Morgan fingerprint density at radius 1 is 1.03 bits per heavy atom. The van der Waals surface area contributed by atoms with E-state index in [1.165, 1.54) is 23.9 Å². The third-order valence-electron chi connectivity index (χ3n) is 4.89. The van der Waals surface area contributed by atoms with Gasteiger partial charge in [0.25, 0.3) is 0 Å². The Labute approximate surface area is 201 Å². The Morgan fingerprint density at radius 3 is 2.70 bits per heavy atom. The van der Waals surface area contributed by atoms with Gasteiger partial charge < -0.3 is 9.52 Å². The first-order chi connectivity index (χ1) is 16.0. The Balaban J connectivity index is 1.58. The average molecular weight is 497 g/mol. The second-order valence-electron chi connectivity index (χ2n) is 7.04. The van der Waals surface area contributed by atoms with E-state index < -0.39 is 5.63 Å². The molecule has 5 rings (SSSR count). The lowest BCUT2D eigenvalue weighted by Crippen LogP contribution is -2.02. The van der Waals surface area contributed by atoms with Crippen LogP contribution < -0.4 is 5.63 Å². The molecule has 3 heterocycles. The molecule has 0 saturated heterocycles. The van der Waals surface area contributed by atoms with Crippen LogP contribution in [0.2, 0.25) is 10.0 Å². The van der Waals surface area contributed by atoms with E-state index in [0.29, 0.717) is 32.4 Å². The van der Waals surface area contributed by atoms with E-state index >= 15 is 0 Å². The number of rotatable bonds is 5. The van der Waals surface area contributed by atoms with Crippen molar-refractivity contribution < 1.29 is 9.52 Å². The first-order valence-corrected chi connectivity index (χ1v) is 11.4. The molecule has 7 nitrogen and oxygen atoms in total. The van der Waals surface area contributed by atoms with Crippen LogP contribution in [0.25, 0.3) is 28.0 Å². The minimum atomic E-state index is -0.495. The number of phenols is 1. The fraction of sp³-hybridized carbons (Fsp3) is 0.0435. The minimum absolute atomic E-state index is 0.0240. The molecule has 0 unspecified atom stereocenters. The topological polar surface area (TPSA) is 94.0 Å². The third-order valence-corrected chi connectivity index (χ3v) is 6.60. The molecule has 33 heavy (non-hydrogen) atoms.